The lowest BCUT2D eigenvalue weighted by molar-refractivity contribution is -0.144. The Balaban J connectivity index is 1.35. The summed E-state index contributed by atoms with van der Waals surface area (Å²) in [5, 5.41) is 10.9. The molecule has 1 aromatic rings. The first-order valence-electron chi connectivity index (χ1n) is 7.48. The van der Waals surface area contributed by atoms with Crippen molar-refractivity contribution in [1.29, 1.82) is 0 Å². The van der Waals surface area contributed by atoms with Crippen molar-refractivity contribution < 1.29 is 4.79 Å². The number of likely N-dealkylation sites (tertiary alicyclic amines) is 1. The van der Waals surface area contributed by atoms with Crippen molar-refractivity contribution in [2.75, 3.05) is 13.1 Å². The number of carbonyl (C=O) groups is 1. The highest BCUT2D eigenvalue weighted by molar-refractivity contribution is 5.80. The van der Waals surface area contributed by atoms with Gasteiger partial charge in [0.1, 0.15) is 0 Å². The van der Waals surface area contributed by atoms with Crippen molar-refractivity contribution in [3.63, 3.8) is 0 Å². The summed E-state index contributed by atoms with van der Waals surface area (Å²) < 4.78 is 0. The minimum absolute atomic E-state index is 0.139. The van der Waals surface area contributed by atoms with Crippen LogP contribution in [-0.2, 0) is 17.6 Å². The molecular formula is C14H20N4O. The number of hydrogen-bond acceptors (Lipinski definition) is 3. The predicted octanol–water partition coefficient (Wildman–Crippen LogP) is 1.17. The van der Waals surface area contributed by atoms with E-state index in [0.29, 0.717) is 5.91 Å². The van der Waals surface area contributed by atoms with Gasteiger partial charge in [0.2, 0.25) is 5.91 Å². The zero-order chi connectivity index (χ0) is 12.8. The fourth-order valence-electron chi connectivity index (χ4n) is 3.66. The smallest absolute Gasteiger partial charge is 0.226 e. The van der Waals surface area contributed by atoms with E-state index in [1.807, 2.05) is 0 Å². The van der Waals surface area contributed by atoms with Crippen molar-refractivity contribution >= 4 is 5.91 Å². The summed E-state index contributed by atoms with van der Waals surface area (Å²) in [5.74, 6) is 2.20. The Hall–Kier alpha value is -1.39. The molecule has 4 rings (SSSR count). The fraction of sp³-hybridized carbons (Fsp3) is 0.786. The number of carbonyl (C=O) groups excluding carboxylic acids is 1. The molecule has 2 heterocycles. The maximum Gasteiger partial charge on any atom is 0.226 e. The third-order valence-corrected chi connectivity index (χ3v) is 5.26. The third kappa shape index (κ3) is 1.86. The van der Waals surface area contributed by atoms with E-state index in [1.54, 1.807) is 0 Å². The highest BCUT2D eigenvalue weighted by Gasteiger charge is 2.41. The van der Waals surface area contributed by atoms with Gasteiger partial charge in [-0.15, -0.1) is 0 Å². The lowest BCUT2D eigenvalue weighted by atomic mass is 9.72. The highest BCUT2D eigenvalue weighted by atomic mass is 16.2. The molecule has 1 aromatic heterocycles. The van der Waals surface area contributed by atoms with Gasteiger partial charge in [0.15, 0.2) is 0 Å². The molecule has 0 radical (unpaired) electrons. The summed E-state index contributed by atoms with van der Waals surface area (Å²) in [5.41, 5.74) is 2.06. The molecule has 1 saturated carbocycles. The second kappa shape index (κ2) is 4.32. The molecule has 5 nitrogen and oxygen atoms in total. The molecular weight excluding hydrogens is 240 g/mol. The number of nitrogens with zero attached hydrogens (tertiary/aromatic N) is 3. The second-order valence-corrected chi connectivity index (χ2v) is 6.35. The van der Waals surface area contributed by atoms with E-state index in [0.717, 1.165) is 55.6 Å². The van der Waals surface area contributed by atoms with Gasteiger partial charge < -0.3 is 4.90 Å². The van der Waals surface area contributed by atoms with E-state index < -0.39 is 0 Å². The predicted molar refractivity (Wildman–Crippen MR) is 69.3 cm³/mol. The van der Waals surface area contributed by atoms with E-state index in [2.05, 4.69) is 20.3 Å². The Morgan fingerprint density at radius 3 is 2.63 bits per heavy atom. The molecule has 0 spiro atoms. The van der Waals surface area contributed by atoms with Gasteiger partial charge in [-0.25, -0.2) is 0 Å². The standard InChI is InChI=1S/C14H20N4O/c19-14(18-7-11(8-18)9-2-1-3-9)10-4-5-12-13(6-10)16-17-15-12/h9-11H,1-8H2,(H,15,16,17). The average molecular weight is 260 g/mol. The van der Waals surface area contributed by atoms with E-state index in [4.69, 9.17) is 0 Å². The van der Waals surface area contributed by atoms with Crippen LogP contribution in [0.1, 0.15) is 37.1 Å². The van der Waals surface area contributed by atoms with E-state index >= 15 is 0 Å². The Bertz CT molecular complexity index is 487. The van der Waals surface area contributed by atoms with Gasteiger partial charge in [-0.1, -0.05) is 19.3 Å². The van der Waals surface area contributed by atoms with Crippen molar-refractivity contribution in [2.24, 2.45) is 17.8 Å². The molecule has 1 unspecified atom stereocenters. The fourth-order valence-corrected chi connectivity index (χ4v) is 3.66. The molecule has 1 aliphatic heterocycles. The molecule has 2 fully saturated rings. The van der Waals surface area contributed by atoms with Gasteiger partial charge in [-0.3, -0.25) is 4.79 Å². The first-order valence-corrected chi connectivity index (χ1v) is 7.48. The molecule has 2 aliphatic carbocycles. The number of nitrogens with one attached hydrogen (secondary N) is 1. The van der Waals surface area contributed by atoms with Gasteiger partial charge in [0.25, 0.3) is 0 Å². The molecule has 0 aromatic carbocycles. The topological polar surface area (TPSA) is 61.9 Å². The average Bonchev–Trinajstić information content (AvgIpc) is 2.76. The van der Waals surface area contributed by atoms with Crippen LogP contribution in [-0.4, -0.2) is 39.3 Å². The van der Waals surface area contributed by atoms with Crippen molar-refractivity contribution in [2.45, 2.75) is 38.5 Å². The number of fused-ring (bicyclic) bond motifs is 1. The number of hydrogen-bond donors (Lipinski definition) is 1. The second-order valence-electron chi connectivity index (χ2n) is 6.35. The summed E-state index contributed by atoms with van der Waals surface area (Å²) >= 11 is 0. The van der Waals surface area contributed by atoms with Crippen molar-refractivity contribution in [3.05, 3.63) is 11.4 Å². The molecule has 1 atom stereocenters. The first-order chi connectivity index (χ1) is 9.31. The van der Waals surface area contributed by atoms with Crippen LogP contribution < -0.4 is 0 Å². The van der Waals surface area contributed by atoms with Crippen LogP contribution in [0.3, 0.4) is 0 Å². The Morgan fingerprint density at radius 2 is 1.89 bits per heavy atom. The molecule has 1 amide bonds. The van der Waals surface area contributed by atoms with E-state index in [1.165, 1.54) is 19.3 Å². The molecule has 5 heteroatoms. The quantitative estimate of drug-likeness (QED) is 0.868. The number of H-pyrrole nitrogens is 1. The summed E-state index contributed by atoms with van der Waals surface area (Å²) in [6.45, 7) is 2.01. The summed E-state index contributed by atoms with van der Waals surface area (Å²) in [4.78, 5) is 14.5. The normalized spacial score (nSPS) is 27.6. The van der Waals surface area contributed by atoms with Gasteiger partial charge in [-0.05, 0) is 24.7 Å². The Labute approximate surface area is 112 Å². The van der Waals surface area contributed by atoms with Gasteiger partial charge in [0.05, 0.1) is 11.4 Å². The number of amides is 1. The van der Waals surface area contributed by atoms with Crippen molar-refractivity contribution in [1.82, 2.24) is 20.3 Å². The van der Waals surface area contributed by atoms with E-state index in [-0.39, 0.29) is 5.92 Å². The summed E-state index contributed by atoms with van der Waals surface area (Å²) in [7, 11) is 0. The Kier molecular flexibility index (Phi) is 2.60. The molecule has 3 aliphatic rings. The van der Waals surface area contributed by atoms with E-state index in [9.17, 15) is 4.79 Å². The molecule has 1 saturated heterocycles. The van der Waals surface area contributed by atoms with Crippen LogP contribution >= 0.6 is 0 Å². The van der Waals surface area contributed by atoms with Crippen molar-refractivity contribution in [3.8, 4) is 0 Å². The molecule has 19 heavy (non-hydrogen) atoms. The van der Waals surface area contributed by atoms with Crippen LogP contribution in [0.5, 0.6) is 0 Å². The zero-order valence-corrected chi connectivity index (χ0v) is 11.1. The van der Waals surface area contributed by atoms with Crippen LogP contribution in [0.15, 0.2) is 0 Å². The minimum atomic E-state index is 0.139. The van der Waals surface area contributed by atoms with Crippen LogP contribution in [0.25, 0.3) is 0 Å². The molecule has 1 N–H and O–H groups in total. The number of aryl methyl sites for hydroxylation is 1. The van der Waals surface area contributed by atoms with Crippen LogP contribution in [0.4, 0.5) is 0 Å². The minimum Gasteiger partial charge on any atom is -0.342 e. The molecule has 102 valence electrons. The van der Waals surface area contributed by atoms with Gasteiger partial charge in [-0.2, -0.15) is 15.4 Å². The Morgan fingerprint density at radius 1 is 1.11 bits per heavy atom. The SMILES string of the molecule is O=C(C1CCc2n[nH]nc2C1)N1CC(C2CCC2)C1. The first kappa shape index (κ1) is 11.4. The highest BCUT2D eigenvalue weighted by Crippen LogP contribution is 2.39. The molecule has 0 bridgehead atoms. The van der Waals surface area contributed by atoms with Gasteiger partial charge >= 0.3 is 0 Å². The maximum atomic E-state index is 12.5. The number of rotatable bonds is 2. The lowest BCUT2D eigenvalue weighted by Gasteiger charge is -2.47. The van der Waals surface area contributed by atoms with Crippen LogP contribution in [0.2, 0.25) is 0 Å². The zero-order valence-electron chi connectivity index (χ0n) is 11.1. The lowest BCUT2D eigenvalue weighted by Crippen LogP contribution is -2.55. The largest absolute Gasteiger partial charge is 0.342 e. The maximum absolute atomic E-state index is 12.5. The van der Waals surface area contributed by atoms with Gasteiger partial charge in [0, 0.05) is 25.4 Å². The third-order valence-electron chi connectivity index (χ3n) is 5.26. The monoisotopic (exact) mass is 260 g/mol. The summed E-state index contributed by atoms with van der Waals surface area (Å²) in [6.07, 6.45) is 6.77. The summed E-state index contributed by atoms with van der Waals surface area (Å²) in [6, 6.07) is 0. The van der Waals surface area contributed by atoms with Crippen LogP contribution in [0, 0.1) is 17.8 Å². The number of aromatic nitrogens is 3. The number of aromatic amines is 1.